The Labute approximate surface area is 202 Å². The molecule has 0 aliphatic carbocycles. The van der Waals surface area contributed by atoms with Crippen LogP contribution >= 0.6 is 30.8 Å². The number of fused-ring (bicyclic) bond motifs is 1. The molecule has 0 aliphatic heterocycles. The van der Waals surface area contributed by atoms with Crippen molar-refractivity contribution in [3.05, 3.63) is 35.9 Å². The van der Waals surface area contributed by atoms with E-state index in [4.69, 9.17) is 14.0 Å². The number of thiazole rings is 1. The van der Waals surface area contributed by atoms with E-state index in [-0.39, 0.29) is 17.9 Å². The van der Waals surface area contributed by atoms with Gasteiger partial charge in [-0.25, -0.2) is 14.5 Å². The van der Waals surface area contributed by atoms with E-state index in [0.717, 1.165) is 12.0 Å². The molecule has 2 heterocycles. The van der Waals surface area contributed by atoms with Crippen LogP contribution in [0, 0.1) is 5.92 Å². The highest BCUT2D eigenvalue weighted by molar-refractivity contribution is 7.99. The summed E-state index contributed by atoms with van der Waals surface area (Å²) < 4.78 is 23.1. The molecule has 2 atom stereocenters. The topological polar surface area (TPSA) is 118 Å². The quantitative estimate of drug-likeness (QED) is 0.162. The summed E-state index contributed by atoms with van der Waals surface area (Å²) in [4.78, 5) is 13.9. The minimum absolute atomic E-state index is 0.0287. The number of thioether (sulfide) groups is 1. The number of aliphatic hydroxyl groups is 1. The van der Waals surface area contributed by atoms with E-state index in [9.17, 15) is 9.67 Å². The standard InChI is InChI=1S/C21H30N5O4PS2/c1-13(2)11-16(12-27)22-18-17-19(25-21(33-17)26-31(28,29-4)30-5)24-20(23-18)32-14(3)15-9-7-6-8-10-15/h6-10,13-14,16,27H,11-12H2,1-5H3,(H2,22,23,24,25,26,28)/t14-,16?/m0/s1. The summed E-state index contributed by atoms with van der Waals surface area (Å²) in [5.41, 5.74) is 1.62. The van der Waals surface area contributed by atoms with Crippen molar-refractivity contribution in [2.45, 2.75) is 43.6 Å². The van der Waals surface area contributed by atoms with Crippen LogP contribution in [-0.4, -0.2) is 46.9 Å². The molecule has 0 spiro atoms. The van der Waals surface area contributed by atoms with Crippen LogP contribution in [-0.2, 0) is 13.6 Å². The molecule has 1 unspecified atom stereocenters. The van der Waals surface area contributed by atoms with Crippen molar-refractivity contribution in [3.63, 3.8) is 0 Å². The maximum absolute atomic E-state index is 12.5. The Bertz CT molecular complexity index is 1090. The lowest BCUT2D eigenvalue weighted by molar-refractivity contribution is 0.259. The van der Waals surface area contributed by atoms with Crippen molar-refractivity contribution >= 4 is 52.1 Å². The van der Waals surface area contributed by atoms with Crippen LogP contribution < -0.4 is 10.4 Å². The van der Waals surface area contributed by atoms with Crippen LogP contribution in [0.2, 0.25) is 0 Å². The normalized spacial score (nSPS) is 13.9. The van der Waals surface area contributed by atoms with Crippen molar-refractivity contribution in [1.29, 1.82) is 0 Å². The molecule has 180 valence electrons. The second kappa shape index (κ2) is 11.6. The first kappa shape index (κ1) is 25.9. The third-order valence-electron chi connectivity index (χ3n) is 4.81. The lowest BCUT2D eigenvalue weighted by Crippen LogP contribution is -2.26. The lowest BCUT2D eigenvalue weighted by Gasteiger charge is -2.19. The third kappa shape index (κ3) is 6.88. The molecule has 1 aromatic carbocycles. The van der Waals surface area contributed by atoms with E-state index in [1.165, 1.54) is 37.3 Å². The predicted octanol–water partition coefficient (Wildman–Crippen LogP) is 5.57. The number of aliphatic hydroxyl groups excluding tert-OH is 1. The van der Waals surface area contributed by atoms with Gasteiger partial charge in [0.25, 0.3) is 0 Å². The molecule has 0 radical (unpaired) electrons. The fraction of sp³-hybridized carbons (Fsp3) is 0.476. The molecule has 0 bridgehead atoms. The van der Waals surface area contributed by atoms with E-state index in [1.54, 1.807) is 0 Å². The minimum atomic E-state index is -3.52. The smallest absolute Gasteiger partial charge is 0.394 e. The number of aromatic nitrogens is 3. The van der Waals surface area contributed by atoms with Crippen LogP contribution in [0.4, 0.5) is 10.9 Å². The fourth-order valence-corrected chi connectivity index (χ4v) is 5.91. The number of nitrogens with one attached hydrogen (secondary N) is 2. The molecule has 0 saturated carbocycles. The average Bonchev–Trinajstić information content (AvgIpc) is 3.20. The van der Waals surface area contributed by atoms with Crippen molar-refractivity contribution in [1.82, 2.24) is 15.0 Å². The molecule has 9 nitrogen and oxygen atoms in total. The largest absolute Gasteiger partial charge is 0.433 e. The van der Waals surface area contributed by atoms with Gasteiger partial charge in [-0.1, -0.05) is 67.3 Å². The first-order valence-electron chi connectivity index (χ1n) is 10.5. The van der Waals surface area contributed by atoms with Gasteiger partial charge < -0.3 is 10.4 Å². The zero-order valence-electron chi connectivity index (χ0n) is 19.3. The maximum Gasteiger partial charge on any atom is 0.433 e. The lowest BCUT2D eigenvalue weighted by atomic mass is 10.0. The Hall–Kier alpha value is -1.75. The van der Waals surface area contributed by atoms with Gasteiger partial charge in [0.2, 0.25) is 0 Å². The maximum atomic E-state index is 12.5. The highest BCUT2D eigenvalue weighted by atomic mass is 32.2. The molecule has 33 heavy (non-hydrogen) atoms. The minimum Gasteiger partial charge on any atom is -0.394 e. The zero-order valence-corrected chi connectivity index (χ0v) is 21.8. The van der Waals surface area contributed by atoms with Gasteiger partial charge in [0, 0.05) is 19.5 Å². The van der Waals surface area contributed by atoms with Crippen molar-refractivity contribution in [3.8, 4) is 0 Å². The van der Waals surface area contributed by atoms with Gasteiger partial charge in [0.1, 0.15) is 4.70 Å². The van der Waals surface area contributed by atoms with E-state index in [2.05, 4.69) is 53.3 Å². The van der Waals surface area contributed by atoms with Gasteiger partial charge >= 0.3 is 7.75 Å². The summed E-state index contributed by atoms with van der Waals surface area (Å²) in [7, 11) is -0.915. The molecular formula is C21H30N5O4PS2. The van der Waals surface area contributed by atoms with Gasteiger partial charge in [-0.2, -0.15) is 4.98 Å². The Morgan fingerprint density at radius 1 is 1.12 bits per heavy atom. The van der Waals surface area contributed by atoms with Crippen molar-refractivity contribution in [2.75, 3.05) is 31.2 Å². The first-order chi connectivity index (χ1) is 15.8. The van der Waals surface area contributed by atoms with Crippen LogP contribution in [0.5, 0.6) is 0 Å². The summed E-state index contributed by atoms with van der Waals surface area (Å²) in [5, 5.41) is 17.0. The van der Waals surface area contributed by atoms with Gasteiger partial charge in [0.15, 0.2) is 21.8 Å². The van der Waals surface area contributed by atoms with E-state index < -0.39 is 7.75 Å². The second-order valence-corrected chi connectivity index (χ2v) is 12.1. The Kier molecular flexibility index (Phi) is 9.09. The molecular weight excluding hydrogens is 481 g/mol. The fourth-order valence-electron chi connectivity index (χ4n) is 3.18. The SMILES string of the molecule is COP(=O)(Nc1nc2nc(S[C@@H](C)c3ccccc3)nc(NC(CO)CC(C)C)c2s1)OC. The van der Waals surface area contributed by atoms with Crippen molar-refractivity contribution < 1.29 is 18.7 Å². The summed E-state index contributed by atoms with van der Waals surface area (Å²) in [5.74, 6) is 0.976. The highest BCUT2D eigenvalue weighted by Crippen LogP contribution is 2.48. The van der Waals surface area contributed by atoms with Crippen LogP contribution in [0.1, 0.15) is 38.0 Å². The molecule has 0 fully saturated rings. The van der Waals surface area contributed by atoms with E-state index in [0.29, 0.717) is 32.4 Å². The third-order valence-corrected chi connectivity index (χ3v) is 8.40. The number of anilines is 2. The average molecular weight is 512 g/mol. The van der Waals surface area contributed by atoms with Crippen molar-refractivity contribution in [2.24, 2.45) is 5.92 Å². The predicted molar refractivity (Wildman–Crippen MR) is 135 cm³/mol. The molecule has 3 N–H and O–H groups in total. The monoisotopic (exact) mass is 511 g/mol. The first-order valence-corrected chi connectivity index (χ1v) is 13.8. The number of benzene rings is 1. The summed E-state index contributed by atoms with van der Waals surface area (Å²) in [6.45, 7) is 6.27. The van der Waals surface area contributed by atoms with Crippen LogP contribution in [0.25, 0.3) is 10.3 Å². The molecule has 2 aromatic heterocycles. The van der Waals surface area contributed by atoms with E-state index >= 15 is 0 Å². The number of nitrogens with zero attached hydrogens (tertiary/aromatic N) is 3. The van der Waals surface area contributed by atoms with Crippen LogP contribution in [0.15, 0.2) is 35.5 Å². The molecule has 0 amide bonds. The number of hydrogen-bond donors (Lipinski definition) is 3. The van der Waals surface area contributed by atoms with Gasteiger partial charge in [-0.05, 0) is 24.8 Å². The summed E-state index contributed by atoms with van der Waals surface area (Å²) in [6.07, 6.45) is 0.775. The number of rotatable bonds is 12. The van der Waals surface area contributed by atoms with E-state index in [1.807, 2.05) is 18.2 Å². The Balaban J connectivity index is 1.98. The molecule has 3 aromatic rings. The molecule has 0 aliphatic rings. The Morgan fingerprint density at radius 3 is 2.42 bits per heavy atom. The van der Waals surface area contributed by atoms with Gasteiger partial charge in [0.05, 0.1) is 12.6 Å². The summed E-state index contributed by atoms with van der Waals surface area (Å²) in [6, 6.07) is 9.95. The molecule has 3 rings (SSSR count). The molecule has 0 saturated heterocycles. The number of hydrogen-bond acceptors (Lipinski definition) is 10. The summed E-state index contributed by atoms with van der Waals surface area (Å²) >= 11 is 2.77. The molecule has 12 heteroatoms. The Morgan fingerprint density at radius 2 is 1.82 bits per heavy atom. The van der Waals surface area contributed by atoms with Crippen LogP contribution in [0.3, 0.4) is 0 Å². The second-order valence-electron chi connectivity index (χ2n) is 7.83. The van der Waals surface area contributed by atoms with Gasteiger partial charge in [-0.15, -0.1) is 0 Å². The zero-order chi connectivity index (χ0) is 24.0. The highest BCUT2D eigenvalue weighted by Gasteiger charge is 2.25. The van der Waals surface area contributed by atoms with Gasteiger partial charge in [-0.3, -0.25) is 14.1 Å².